The van der Waals surface area contributed by atoms with Crippen molar-refractivity contribution in [2.45, 2.75) is 0 Å². The van der Waals surface area contributed by atoms with Gasteiger partial charge in [0.25, 0.3) is 11.8 Å². The Hall–Kier alpha value is -1.48. The minimum absolute atomic E-state index is 0.223. The van der Waals surface area contributed by atoms with E-state index < -0.39 is 0 Å². The van der Waals surface area contributed by atoms with Crippen LogP contribution in [0.5, 0.6) is 0 Å². The van der Waals surface area contributed by atoms with Crippen molar-refractivity contribution in [3.05, 3.63) is 47.2 Å². The number of amides is 2. The van der Waals surface area contributed by atoms with Gasteiger partial charge in [0, 0.05) is 0 Å². The van der Waals surface area contributed by atoms with Gasteiger partial charge in [-0.3, -0.25) is 19.4 Å². The van der Waals surface area contributed by atoms with E-state index in [4.69, 9.17) is 24.4 Å². The lowest BCUT2D eigenvalue weighted by molar-refractivity contribution is -0.114. The predicted octanol–water partition coefficient (Wildman–Crippen LogP) is 3.44. The van der Waals surface area contributed by atoms with E-state index >= 15 is 0 Å². The van der Waals surface area contributed by atoms with E-state index in [9.17, 15) is 9.59 Å². The van der Waals surface area contributed by atoms with Gasteiger partial charge >= 0.3 is 0 Å². The largest absolute Gasteiger partial charge is 0.270 e. The van der Waals surface area contributed by atoms with Crippen molar-refractivity contribution < 1.29 is 9.59 Å². The molecule has 2 aliphatic heterocycles. The molecule has 4 nitrogen and oxygen atoms in total. The summed E-state index contributed by atoms with van der Waals surface area (Å²) in [5, 5.41) is 0. The molecule has 2 saturated heterocycles. The first-order chi connectivity index (χ1) is 10.4. The first kappa shape index (κ1) is 15.4. The van der Waals surface area contributed by atoms with Crippen molar-refractivity contribution in [1.82, 2.24) is 0 Å². The summed E-state index contributed by atoms with van der Waals surface area (Å²) in [7, 11) is 0. The third-order valence-corrected chi connectivity index (χ3v) is 5.46. The Morgan fingerprint density at radius 3 is 1.32 bits per heavy atom. The van der Waals surface area contributed by atoms with Crippen LogP contribution < -0.4 is 9.80 Å². The van der Waals surface area contributed by atoms with Crippen LogP contribution in [0.15, 0.2) is 47.2 Å². The van der Waals surface area contributed by atoms with Crippen molar-refractivity contribution >= 4 is 79.8 Å². The van der Waals surface area contributed by atoms with Crippen LogP contribution in [0, 0.1) is 0 Å². The second-order valence-electron chi connectivity index (χ2n) is 4.38. The minimum atomic E-state index is -0.223. The van der Waals surface area contributed by atoms with Gasteiger partial charge in [0.2, 0.25) is 0 Å². The van der Waals surface area contributed by atoms with Crippen molar-refractivity contribution in [3.63, 3.8) is 0 Å². The Kier molecular flexibility index (Phi) is 3.94. The first-order valence-corrected chi connectivity index (χ1v) is 8.45. The molecule has 2 fully saturated rings. The number of hydrogen-bond acceptors (Lipinski definition) is 6. The van der Waals surface area contributed by atoms with Gasteiger partial charge in [0.05, 0.1) is 21.2 Å². The summed E-state index contributed by atoms with van der Waals surface area (Å²) in [4.78, 5) is 27.7. The van der Waals surface area contributed by atoms with E-state index in [1.807, 2.05) is 0 Å². The number of thioether (sulfide) groups is 2. The van der Waals surface area contributed by atoms with E-state index in [0.29, 0.717) is 29.8 Å². The summed E-state index contributed by atoms with van der Waals surface area (Å²) in [5.74, 6) is -0.445. The number of carbonyl (C=O) groups excluding carboxylic acids is 2. The SMILES string of the molecule is C=C1SC(=S)N(c2ccc(N3C(=O)C(=C)SC3=S)cc2)C1=O. The van der Waals surface area contributed by atoms with Gasteiger partial charge in [-0.25, -0.2) is 0 Å². The van der Waals surface area contributed by atoms with Crippen LogP contribution in [0.2, 0.25) is 0 Å². The number of nitrogens with zero attached hydrogens (tertiary/aromatic N) is 2. The molecule has 22 heavy (non-hydrogen) atoms. The molecule has 1 aromatic carbocycles. The molecule has 0 atom stereocenters. The molecular formula is C14H8N2O2S4. The smallest absolute Gasteiger partial charge is 0.268 e. The van der Waals surface area contributed by atoms with E-state index in [-0.39, 0.29) is 11.8 Å². The van der Waals surface area contributed by atoms with E-state index in [1.54, 1.807) is 24.3 Å². The molecule has 110 valence electrons. The van der Waals surface area contributed by atoms with Gasteiger partial charge in [-0.15, -0.1) is 0 Å². The topological polar surface area (TPSA) is 40.6 Å². The summed E-state index contributed by atoms with van der Waals surface area (Å²) in [6.07, 6.45) is 0. The standard InChI is InChI=1S/C14H8N2O2S4/c1-7-11(17)15(13(19)21-7)9-3-5-10(6-4-9)16-12(18)8(2)22-14(16)20/h3-6H,1-2H2. The molecule has 0 aliphatic carbocycles. The maximum Gasteiger partial charge on any atom is 0.270 e. The second-order valence-corrected chi connectivity index (χ2v) is 7.84. The summed E-state index contributed by atoms with van der Waals surface area (Å²) in [5.41, 5.74) is 1.27. The van der Waals surface area contributed by atoms with Crippen LogP contribution in [0.1, 0.15) is 0 Å². The molecule has 0 aromatic heterocycles. The zero-order valence-corrected chi connectivity index (χ0v) is 14.3. The Morgan fingerprint density at radius 1 is 0.773 bits per heavy atom. The molecule has 3 rings (SSSR count). The molecular weight excluding hydrogens is 356 g/mol. The van der Waals surface area contributed by atoms with Crippen molar-refractivity contribution in [2.24, 2.45) is 0 Å². The molecule has 0 bridgehead atoms. The number of carbonyl (C=O) groups is 2. The maximum absolute atomic E-state index is 12.0. The predicted molar refractivity (Wildman–Crippen MR) is 100 cm³/mol. The lowest BCUT2D eigenvalue weighted by Gasteiger charge is -2.18. The van der Waals surface area contributed by atoms with Crippen LogP contribution in [0.3, 0.4) is 0 Å². The third kappa shape index (κ3) is 2.41. The van der Waals surface area contributed by atoms with Crippen molar-refractivity contribution in [2.75, 3.05) is 9.80 Å². The number of hydrogen-bond donors (Lipinski definition) is 0. The van der Waals surface area contributed by atoms with Crippen LogP contribution in [-0.2, 0) is 9.59 Å². The van der Waals surface area contributed by atoms with Crippen molar-refractivity contribution in [1.29, 1.82) is 0 Å². The van der Waals surface area contributed by atoms with Gasteiger partial charge in [0.1, 0.15) is 0 Å². The highest BCUT2D eigenvalue weighted by molar-refractivity contribution is 8.27. The Balaban J connectivity index is 1.91. The van der Waals surface area contributed by atoms with E-state index in [2.05, 4.69) is 13.2 Å². The summed E-state index contributed by atoms with van der Waals surface area (Å²) in [6, 6.07) is 6.89. The Bertz CT molecular complexity index is 705. The minimum Gasteiger partial charge on any atom is -0.268 e. The molecule has 0 unspecified atom stereocenters. The average molecular weight is 364 g/mol. The van der Waals surface area contributed by atoms with Gasteiger partial charge in [-0.05, 0) is 24.3 Å². The fourth-order valence-corrected chi connectivity index (χ4v) is 4.32. The normalized spacial score (nSPS) is 18.9. The highest BCUT2D eigenvalue weighted by atomic mass is 32.2. The number of benzene rings is 1. The average Bonchev–Trinajstić information content (AvgIpc) is 2.87. The molecule has 1 aromatic rings. The quantitative estimate of drug-likeness (QED) is 0.591. The molecule has 0 radical (unpaired) electrons. The second kappa shape index (κ2) is 5.62. The van der Waals surface area contributed by atoms with Crippen LogP contribution in [0.4, 0.5) is 11.4 Å². The monoisotopic (exact) mass is 364 g/mol. The van der Waals surface area contributed by atoms with Crippen LogP contribution in [-0.4, -0.2) is 20.5 Å². The molecule has 8 heteroatoms. The molecule has 0 N–H and O–H groups in total. The molecule has 0 saturated carbocycles. The highest BCUT2D eigenvalue weighted by Gasteiger charge is 2.34. The summed E-state index contributed by atoms with van der Waals surface area (Å²) >= 11 is 12.7. The fourth-order valence-electron chi connectivity index (χ4n) is 2.00. The maximum atomic E-state index is 12.0. The first-order valence-electron chi connectivity index (χ1n) is 6.00. The molecule has 2 amide bonds. The molecule has 0 spiro atoms. The van der Waals surface area contributed by atoms with E-state index in [1.165, 1.54) is 33.3 Å². The lowest BCUT2D eigenvalue weighted by atomic mass is 10.2. The van der Waals surface area contributed by atoms with Gasteiger partial charge in [0.15, 0.2) is 8.64 Å². The van der Waals surface area contributed by atoms with Crippen molar-refractivity contribution in [3.8, 4) is 0 Å². The Morgan fingerprint density at radius 2 is 1.09 bits per heavy atom. The molecule has 2 aliphatic rings. The lowest BCUT2D eigenvalue weighted by Crippen LogP contribution is -2.29. The fraction of sp³-hybridized carbons (Fsp3) is 0. The third-order valence-electron chi connectivity index (χ3n) is 3.04. The summed E-state index contributed by atoms with van der Waals surface area (Å²) < 4.78 is 0.888. The zero-order chi connectivity index (χ0) is 16.0. The number of rotatable bonds is 2. The van der Waals surface area contributed by atoms with Gasteiger partial charge in [-0.1, -0.05) is 61.1 Å². The van der Waals surface area contributed by atoms with E-state index in [0.717, 1.165) is 0 Å². The molecule has 2 heterocycles. The zero-order valence-electron chi connectivity index (χ0n) is 11.1. The number of anilines is 2. The summed E-state index contributed by atoms with van der Waals surface area (Å²) in [6.45, 7) is 7.34. The van der Waals surface area contributed by atoms with Gasteiger partial charge < -0.3 is 0 Å². The Labute approximate surface area is 146 Å². The van der Waals surface area contributed by atoms with Crippen LogP contribution >= 0.6 is 48.0 Å². The highest BCUT2D eigenvalue weighted by Crippen LogP contribution is 2.37. The van der Waals surface area contributed by atoms with Crippen LogP contribution in [0.25, 0.3) is 0 Å². The van der Waals surface area contributed by atoms with Gasteiger partial charge in [-0.2, -0.15) is 0 Å². The number of thiocarbonyl (C=S) groups is 2.